The van der Waals surface area contributed by atoms with E-state index in [0.717, 1.165) is 17.3 Å². The Kier molecular flexibility index (Phi) is 6.11. The van der Waals surface area contributed by atoms with Crippen molar-refractivity contribution in [2.45, 2.75) is 12.6 Å². The summed E-state index contributed by atoms with van der Waals surface area (Å²) < 4.78 is 43.1. The molecule has 0 aliphatic carbocycles. The number of halogens is 5. The first-order chi connectivity index (χ1) is 10.8. The molecular weight excluding hydrogens is 374 g/mol. The van der Waals surface area contributed by atoms with Crippen LogP contribution in [0, 0.1) is 0 Å². The number of carbonyl (C=O) groups is 1. The van der Waals surface area contributed by atoms with Gasteiger partial charge < -0.3 is 10.1 Å². The fraction of sp³-hybridized carbons (Fsp3) is 0.357. The van der Waals surface area contributed by atoms with Crippen LogP contribution in [-0.4, -0.2) is 31.0 Å². The van der Waals surface area contributed by atoms with Crippen LogP contribution in [0.25, 0.3) is 0 Å². The summed E-state index contributed by atoms with van der Waals surface area (Å²) in [6.45, 7) is 0.0755. The number of alkyl halides is 3. The molecule has 1 aliphatic rings. The second-order valence-electron chi connectivity index (χ2n) is 4.59. The third kappa shape index (κ3) is 4.96. The van der Waals surface area contributed by atoms with E-state index in [1.54, 1.807) is 18.2 Å². The normalized spacial score (nSPS) is 15.3. The quantitative estimate of drug-likeness (QED) is 0.844. The van der Waals surface area contributed by atoms with E-state index in [1.165, 1.54) is 0 Å². The summed E-state index contributed by atoms with van der Waals surface area (Å²) in [5.74, 6) is -1.73. The van der Waals surface area contributed by atoms with Gasteiger partial charge in [-0.25, -0.2) is 0 Å². The van der Waals surface area contributed by atoms with Gasteiger partial charge in [-0.3, -0.25) is 4.79 Å². The van der Waals surface area contributed by atoms with Crippen LogP contribution >= 0.6 is 35.0 Å². The summed E-state index contributed by atoms with van der Waals surface area (Å²) in [5.41, 5.74) is 0.744. The Morgan fingerprint density at radius 1 is 1.35 bits per heavy atom. The van der Waals surface area contributed by atoms with Gasteiger partial charge in [-0.15, -0.1) is 11.8 Å². The van der Waals surface area contributed by atoms with Gasteiger partial charge in [0.15, 0.2) is 0 Å². The number of nitrogens with one attached hydrogen (secondary N) is 1. The Morgan fingerprint density at radius 3 is 2.74 bits per heavy atom. The highest BCUT2D eigenvalue weighted by molar-refractivity contribution is 8.04. The average Bonchev–Trinajstić information content (AvgIpc) is 2.48. The van der Waals surface area contributed by atoms with Gasteiger partial charge in [-0.2, -0.15) is 13.2 Å². The zero-order valence-electron chi connectivity index (χ0n) is 11.7. The molecule has 1 aliphatic heterocycles. The largest absolute Gasteiger partial charge is 0.487 e. The lowest BCUT2D eigenvalue weighted by Crippen LogP contribution is -2.31. The van der Waals surface area contributed by atoms with Crippen LogP contribution in [0.5, 0.6) is 0 Å². The van der Waals surface area contributed by atoms with Gasteiger partial charge in [0.2, 0.25) is 5.76 Å². The van der Waals surface area contributed by atoms with Crippen LogP contribution in [0.4, 0.5) is 13.2 Å². The van der Waals surface area contributed by atoms with E-state index >= 15 is 0 Å². The molecule has 0 spiro atoms. The molecule has 126 valence electrons. The minimum Gasteiger partial charge on any atom is -0.487 e. The topological polar surface area (TPSA) is 38.3 Å². The third-order valence-electron chi connectivity index (χ3n) is 2.94. The van der Waals surface area contributed by atoms with E-state index in [4.69, 9.17) is 23.2 Å². The number of allylic oxidation sites excluding steroid dienone is 1. The highest BCUT2D eigenvalue weighted by Crippen LogP contribution is 2.36. The second-order valence-corrected chi connectivity index (χ2v) is 6.54. The molecule has 0 radical (unpaired) electrons. The summed E-state index contributed by atoms with van der Waals surface area (Å²) in [5, 5.41) is 3.38. The van der Waals surface area contributed by atoms with Gasteiger partial charge in [0.05, 0.1) is 6.61 Å². The smallest absolute Gasteiger partial charge is 0.450 e. The number of hydrogen-bond acceptors (Lipinski definition) is 3. The summed E-state index contributed by atoms with van der Waals surface area (Å²) >= 11 is 12.6. The molecule has 1 aromatic carbocycles. The maximum atomic E-state index is 12.8. The van der Waals surface area contributed by atoms with Gasteiger partial charge in [-0.05, 0) is 24.1 Å². The molecular formula is C14H12Cl2F3NO2S. The lowest BCUT2D eigenvalue weighted by Gasteiger charge is -2.21. The molecule has 1 N–H and O–H groups in total. The summed E-state index contributed by atoms with van der Waals surface area (Å²) in [4.78, 5) is 11.5. The maximum Gasteiger partial charge on any atom is 0.450 e. The van der Waals surface area contributed by atoms with Crippen molar-refractivity contribution in [2.75, 3.05) is 18.9 Å². The highest BCUT2D eigenvalue weighted by Gasteiger charge is 2.42. The van der Waals surface area contributed by atoms with Crippen LogP contribution in [0.15, 0.2) is 28.9 Å². The Labute approximate surface area is 145 Å². The molecule has 0 saturated carbocycles. The van der Waals surface area contributed by atoms with Crippen molar-refractivity contribution in [3.63, 3.8) is 0 Å². The zero-order valence-corrected chi connectivity index (χ0v) is 14.0. The summed E-state index contributed by atoms with van der Waals surface area (Å²) in [6, 6.07) is 4.92. The van der Waals surface area contributed by atoms with Gasteiger partial charge in [-0.1, -0.05) is 29.3 Å². The van der Waals surface area contributed by atoms with Crippen LogP contribution in [0.2, 0.25) is 10.0 Å². The molecule has 1 amide bonds. The fourth-order valence-electron chi connectivity index (χ4n) is 1.91. The fourth-order valence-corrected chi connectivity index (χ4v) is 3.30. The van der Waals surface area contributed by atoms with Crippen molar-refractivity contribution in [1.29, 1.82) is 0 Å². The number of carbonyl (C=O) groups excluding carboxylic acids is 1. The monoisotopic (exact) mass is 385 g/mol. The van der Waals surface area contributed by atoms with Crippen molar-refractivity contribution in [3.8, 4) is 0 Å². The molecule has 9 heteroatoms. The van der Waals surface area contributed by atoms with Crippen LogP contribution in [0.1, 0.15) is 5.56 Å². The van der Waals surface area contributed by atoms with Crippen molar-refractivity contribution >= 4 is 40.9 Å². The van der Waals surface area contributed by atoms with E-state index in [2.05, 4.69) is 10.1 Å². The predicted octanol–water partition coefficient (Wildman–Crippen LogP) is 4.19. The molecule has 0 atom stereocenters. The Morgan fingerprint density at radius 2 is 2.09 bits per heavy atom. The predicted molar refractivity (Wildman–Crippen MR) is 84.7 cm³/mol. The third-order valence-corrected chi connectivity index (χ3v) is 4.56. The Balaban J connectivity index is 2.00. The molecule has 0 saturated heterocycles. The van der Waals surface area contributed by atoms with E-state index in [1.807, 2.05) is 0 Å². The van der Waals surface area contributed by atoms with Crippen molar-refractivity contribution in [1.82, 2.24) is 5.32 Å². The molecule has 23 heavy (non-hydrogen) atoms. The zero-order chi connectivity index (χ0) is 17.0. The number of ether oxygens (including phenoxy) is 1. The maximum absolute atomic E-state index is 12.8. The molecule has 0 fully saturated rings. The SMILES string of the molecule is O=C(NCCc1ccc(Cl)cc1Cl)C1=C(C(F)(F)F)OCCS1. The van der Waals surface area contributed by atoms with Crippen LogP contribution in [-0.2, 0) is 16.0 Å². The number of thioether (sulfide) groups is 1. The minimum atomic E-state index is -4.68. The molecule has 0 bridgehead atoms. The second kappa shape index (κ2) is 7.68. The van der Waals surface area contributed by atoms with E-state index in [9.17, 15) is 18.0 Å². The molecule has 1 aromatic rings. The average molecular weight is 386 g/mol. The first-order valence-corrected chi connectivity index (χ1v) is 8.32. The summed E-state index contributed by atoms with van der Waals surface area (Å²) in [7, 11) is 0. The Bertz CT molecular complexity index is 635. The minimum absolute atomic E-state index is 0.0727. The van der Waals surface area contributed by atoms with Gasteiger partial charge in [0.25, 0.3) is 5.91 Å². The molecule has 3 nitrogen and oxygen atoms in total. The molecule has 0 aromatic heterocycles. The first kappa shape index (κ1) is 18.3. The van der Waals surface area contributed by atoms with E-state index in [-0.39, 0.29) is 13.2 Å². The van der Waals surface area contributed by atoms with Crippen molar-refractivity contribution in [3.05, 3.63) is 44.5 Å². The standard InChI is InChI=1S/C14H12Cl2F3NO2S/c15-9-2-1-8(10(16)7-9)3-4-20-13(21)11-12(14(17,18)19)22-5-6-23-11/h1-2,7H,3-6H2,(H,20,21). The highest BCUT2D eigenvalue weighted by atomic mass is 35.5. The van der Waals surface area contributed by atoms with Crippen molar-refractivity contribution in [2.24, 2.45) is 0 Å². The van der Waals surface area contributed by atoms with Crippen LogP contribution < -0.4 is 5.32 Å². The van der Waals surface area contributed by atoms with Gasteiger partial charge in [0, 0.05) is 22.3 Å². The molecule has 0 unspecified atom stereocenters. The number of hydrogen-bond donors (Lipinski definition) is 1. The number of benzene rings is 1. The molecule has 2 rings (SSSR count). The van der Waals surface area contributed by atoms with Gasteiger partial charge in [0.1, 0.15) is 4.91 Å². The lowest BCUT2D eigenvalue weighted by atomic mass is 10.1. The van der Waals surface area contributed by atoms with E-state index in [0.29, 0.717) is 22.2 Å². The number of rotatable bonds is 4. The van der Waals surface area contributed by atoms with Gasteiger partial charge >= 0.3 is 6.18 Å². The van der Waals surface area contributed by atoms with Crippen LogP contribution in [0.3, 0.4) is 0 Å². The van der Waals surface area contributed by atoms with Crippen molar-refractivity contribution < 1.29 is 22.7 Å². The first-order valence-electron chi connectivity index (χ1n) is 6.58. The number of amides is 1. The summed E-state index contributed by atoms with van der Waals surface area (Å²) in [6.07, 6.45) is -4.30. The molecule has 1 heterocycles. The Hall–Kier alpha value is -1.05. The lowest BCUT2D eigenvalue weighted by molar-refractivity contribution is -0.134. The van der Waals surface area contributed by atoms with E-state index < -0.39 is 22.7 Å².